The van der Waals surface area contributed by atoms with Gasteiger partial charge in [0.1, 0.15) is 5.82 Å². The molecule has 1 rings (SSSR count). The average molecular weight is 359 g/mol. The molecule has 0 radical (unpaired) electrons. The summed E-state index contributed by atoms with van der Waals surface area (Å²) in [6, 6.07) is 2.81. The third kappa shape index (κ3) is 2.19. The van der Waals surface area contributed by atoms with Crippen LogP contribution in [0.25, 0.3) is 0 Å². The van der Waals surface area contributed by atoms with Gasteiger partial charge in [0.2, 0.25) is 0 Å². The molecule has 0 amide bonds. The highest BCUT2D eigenvalue weighted by atomic mass is 127. The Balaban J connectivity index is 3.33. The van der Waals surface area contributed by atoms with Crippen molar-refractivity contribution in [2.24, 2.45) is 0 Å². The molecule has 70 valence electrons. The molecule has 0 N–H and O–H groups in total. The largest absolute Gasteiger partial charge is 0.465 e. The van der Waals surface area contributed by atoms with Crippen molar-refractivity contribution in [3.05, 3.63) is 31.6 Å². The fraction of sp³-hybridized carbons (Fsp3) is 0.125. The topological polar surface area (TPSA) is 26.3 Å². The van der Waals surface area contributed by atoms with Crippen LogP contribution in [0, 0.1) is 9.39 Å². The van der Waals surface area contributed by atoms with Gasteiger partial charge in [0.05, 0.1) is 17.1 Å². The summed E-state index contributed by atoms with van der Waals surface area (Å²) >= 11 is 4.94. The van der Waals surface area contributed by atoms with E-state index in [9.17, 15) is 9.18 Å². The highest BCUT2D eigenvalue weighted by Gasteiger charge is 2.17. The smallest absolute Gasteiger partial charge is 0.340 e. The predicted octanol–water partition coefficient (Wildman–Crippen LogP) is 2.98. The minimum absolute atomic E-state index is 0.145. The second-order valence-corrected chi connectivity index (χ2v) is 4.16. The van der Waals surface area contributed by atoms with Crippen molar-refractivity contribution in [3.8, 4) is 0 Å². The van der Waals surface area contributed by atoms with E-state index in [0.717, 1.165) is 0 Å². The summed E-state index contributed by atoms with van der Waals surface area (Å²) in [6.07, 6.45) is 0. The maximum Gasteiger partial charge on any atom is 0.340 e. The van der Waals surface area contributed by atoms with Gasteiger partial charge in [-0.05, 0) is 50.7 Å². The van der Waals surface area contributed by atoms with Crippen LogP contribution < -0.4 is 0 Å². The molecule has 1 aromatic carbocycles. The number of ether oxygens (including phenoxy) is 1. The first-order valence-electron chi connectivity index (χ1n) is 3.29. The number of esters is 1. The molecule has 0 spiro atoms. The van der Waals surface area contributed by atoms with Gasteiger partial charge < -0.3 is 4.74 Å². The molecule has 0 atom stereocenters. The number of carbonyl (C=O) groups is 1. The van der Waals surface area contributed by atoms with Crippen LogP contribution in [0.15, 0.2) is 16.6 Å². The van der Waals surface area contributed by atoms with Gasteiger partial charge in [0.15, 0.2) is 0 Å². The average Bonchev–Trinajstić information content (AvgIpc) is 2.12. The predicted molar refractivity (Wildman–Crippen MR) is 58.2 cm³/mol. The van der Waals surface area contributed by atoms with E-state index in [1.807, 2.05) is 22.6 Å². The lowest BCUT2D eigenvalue weighted by Gasteiger charge is -2.05. The SMILES string of the molecule is COC(=O)c1c(I)ccc(F)c1Br. The second-order valence-electron chi connectivity index (χ2n) is 2.21. The molecule has 0 heterocycles. The molecule has 0 fully saturated rings. The first-order valence-corrected chi connectivity index (χ1v) is 5.17. The Morgan fingerprint density at radius 1 is 1.62 bits per heavy atom. The molecular formula is C8H5BrFIO2. The van der Waals surface area contributed by atoms with E-state index in [-0.39, 0.29) is 10.0 Å². The molecule has 0 saturated heterocycles. The van der Waals surface area contributed by atoms with Crippen molar-refractivity contribution in [3.63, 3.8) is 0 Å². The van der Waals surface area contributed by atoms with E-state index >= 15 is 0 Å². The molecule has 5 heteroatoms. The number of hydrogen-bond donors (Lipinski definition) is 0. The highest BCUT2D eigenvalue weighted by Crippen LogP contribution is 2.25. The molecule has 0 saturated carbocycles. The number of methoxy groups -OCH3 is 1. The monoisotopic (exact) mass is 358 g/mol. The van der Waals surface area contributed by atoms with Gasteiger partial charge in [0, 0.05) is 3.57 Å². The fourth-order valence-electron chi connectivity index (χ4n) is 0.816. The number of carbonyl (C=O) groups excluding carboxylic acids is 1. The molecular weight excluding hydrogens is 354 g/mol. The first kappa shape index (κ1) is 10.9. The summed E-state index contributed by atoms with van der Waals surface area (Å²) in [6.45, 7) is 0. The third-order valence-corrected chi connectivity index (χ3v) is 3.11. The van der Waals surface area contributed by atoms with Gasteiger partial charge in [-0.2, -0.15) is 0 Å². The summed E-state index contributed by atoms with van der Waals surface area (Å²) in [5.74, 6) is -1.02. The molecule has 0 bridgehead atoms. The Labute approximate surface area is 96.7 Å². The number of hydrogen-bond acceptors (Lipinski definition) is 2. The van der Waals surface area contributed by atoms with Crippen LogP contribution in [0.3, 0.4) is 0 Å². The Kier molecular flexibility index (Phi) is 3.66. The molecule has 1 aromatic rings. The quantitative estimate of drug-likeness (QED) is 0.438. The van der Waals surface area contributed by atoms with Crippen molar-refractivity contribution >= 4 is 44.5 Å². The van der Waals surface area contributed by atoms with Crippen LogP contribution in [0.5, 0.6) is 0 Å². The van der Waals surface area contributed by atoms with Crippen LogP contribution >= 0.6 is 38.5 Å². The number of benzene rings is 1. The molecule has 0 aliphatic heterocycles. The maximum atomic E-state index is 13.0. The molecule has 13 heavy (non-hydrogen) atoms. The van der Waals surface area contributed by atoms with Gasteiger partial charge in [-0.25, -0.2) is 9.18 Å². The Bertz CT molecular complexity index is 354. The minimum atomic E-state index is -0.546. The van der Waals surface area contributed by atoms with Crippen molar-refractivity contribution < 1.29 is 13.9 Å². The van der Waals surface area contributed by atoms with Gasteiger partial charge in [-0.3, -0.25) is 0 Å². The number of halogens is 3. The summed E-state index contributed by atoms with van der Waals surface area (Å²) < 4.78 is 18.3. The van der Waals surface area contributed by atoms with Crippen LogP contribution in [-0.2, 0) is 4.74 Å². The van der Waals surface area contributed by atoms with Gasteiger partial charge in [-0.15, -0.1) is 0 Å². The summed E-state index contributed by atoms with van der Waals surface area (Å²) in [5.41, 5.74) is 0.225. The summed E-state index contributed by atoms with van der Waals surface area (Å²) in [7, 11) is 1.26. The lowest BCUT2D eigenvalue weighted by Crippen LogP contribution is -2.06. The van der Waals surface area contributed by atoms with Crippen molar-refractivity contribution in [2.45, 2.75) is 0 Å². The fourth-order valence-corrected chi connectivity index (χ4v) is 2.36. The lowest BCUT2D eigenvalue weighted by atomic mass is 10.2. The molecule has 0 aliphatic carbocycles. The zero-order valence-corrected chi connectivity index (χ0v) is 10.3. The maximum absolute atomic E-state index is 13.0. The van der Waals surface area contributed by atoms with Crippen molar-refractivity contribution in [1.82, 2.24) is 0 Å². The molecule has 0 aliphatic rings. The zero-order valence-electron chi connectivity index (χ0n) is 6.61. The van der Waals surface area contributed by atoms with E-state index in [2.05, 4.69) is 20.7 Å². The van der Waals surface area contributed by atoms with Crippen LogP contribution in [-0.4, -0.2) is 13.1 Å². The minimum Gasteiger partial charge on any atom is -0.465 e. The third-order valence-electron chi connectivity index (χ3n) is 1.43. The molecule has 0 aromatic heterocycles. The Morgan fingerprint density at radius 2 is 2.23 bits per heavy atom. The van der Waals surface area contributed by atoms with E-state index in [4.69, 9.17) is 0 Å². The standard InChI is InChI=1S/C8H5BrFIO2/c1-13-8(12)6-5(11)3-2-4(10)7(6)9/h2-3H,1H3. The zero-order chi connectivity index (χ0) is 10.0. The van der Waals surface area contributed by atoms with E-state index in [1.165, 1.54) is 19.2 Å². The number of rotatable bonds is 1. The van der Waals surface area contributed by atoms with E-state index in [0.29, 0.717) is 3.57 Å². The molecule has 2 nitrogen and oxygen atoms in total. The van der Waals surface area contributed by atoms with Crippen LogP contribution in [0.4, 0.5) is 4.39 Å². The second kappa shape index (κ2) is 4.36. The van der Waals surface area contributed by atoms with Crippen molar-refractivity contribution in [1.29, 1.82) is 0 Å². The Morgan fingerprint density at radius 3 is 2.77 bits per heavy atom. The first-order chi connectivity index (χ1) is 6.07. The lowest BCUT2D eigenvalue weighted by molar-refractivity contribution is 0.0598. The molecule has 0 unspecified atom stereocenters. The van der Waals surface area contributed by atoms with E-state index in [1.54, 1.807) is 0 Å². The summed E-state index contributed by atoms with van der Waals surface area (Å²) in [4.78, 5) is 11.2. The normalized spacial score (nSPS) is 9.85. The van der Waals surface area contributed by atoms with Crippen LogP contribution in [0.2, 0.25) is 0 Å². The van der Waals surface area contributed by atoms with Gasteiger partial charge >= 0.3 is 5.97 Å². The Hall–Kier alpha value is -0.170. The van der Waals surface area contributed by atoms with E-state index < -0.39 is 11.8 Å². The van der Waals surface area contributed by atoms with Gasteiger partial charge in [-0.1, -0.05) is 0 Å². The van der Waals surface area contributed by atoms with Crippen LogP contribution in [0.1, 0.15) is 10.4 Å². The van der Waals surface area contributed by atoms with Crippen molar-refractivity contribution in [2.75, 3.05) is 7.11 Å². The highest BCUT2D eigenvalue weighted by molar-refractivity contribution is 14.1. The summed E-state index contributed by atoms with van der Waals surface area (Å²) in [5, 5.41) is 0. The van der Waals surface area contributed by atoms with Gasteiger partial charge in [0.25, 0.3) is 0 Å².